The van der Waals surface area contributed by atoms with Crippen LogP contribution in [-0.4, -0.2) is 18.0 Å². The lowest BCUT2D eigenvalue weighted by atomic mass is 9.99. The Morgan fingerprint density at radius 1 is 1.22 bits per heavy atom. The first-order valence-corrected chi connectivity index (χ1v) is 7.36. The molecule has 18 heavy (non-hydrogen) atoms. The lowest BCUT2D eigenvalue weighted by molar-refractivity contribution is 0.257. The molecule has 0 atom stereocenters. The molecule has 94 valence electrons. The van der Waals surface area contributed by atoms with Gasteiger partial charge in [-0.15, -0.1) is 0 Å². The van der Waals surface area contributed by atoms with Gasteiger partial charge >= 0.3 is 0 Å². The van der Waals surface area contributed by atoms with Gasteiger partial charge in [-0.2, -0.15) is 11.3 Å². The summed E-state index contributed by atoms with van der Waals surface area (Å²) in [6.07, 6.45) is 2.31. The molecule has 1 aromatic heterocycles. The number of nitrogen functional groups attached to an aromatic ring is 1. The van der Waals surface area contributed by atoms with Crippen LogP contribution in [0.4, 0.5) is 5.69 Å². The molecule has 3 rings (SSSR count). The minimum absolute atomic E-state index is 0.883. The molecule has 3 heteroatoms. The lowest BCUT2D eigenvalue weighted by Gasteiger charge is -2.28. The number of hydrogen-bond donors (Lipinski definition) is 1. The summed E-state index contributed by atoms with van der Waals surface area (Å²) in [6.45, 7) is 3.36. The number of nitrogens with two attached hydrogens (primary N) is 1. The van der Waals surface area contributed by atoms with Crippen molar-refractivity contribution in [3.05, 3.63) is 51.7 Å². The Balaban J connectivity index is 1.63. The monoisotopic (exact) mass is 258 g/mol. The summed E-state index contributed by atoms with van der Waals surface area (Å²) >= 11 is 1.78. The van der Waals surface area contributed by atoms with E-state index in [1.165, 1.54) is 23.2 Å². The van der Waals surface area contributed by atoms with E-state index in [0.717, 1.165) is 31.6 Å². The minimum atomic E-state index is 0.883. The topological polar surface area (TPSA) is 29.3 Å². The van der Waals surface area contributed by atoms with Crippen molar-refractivity contribution in [2.75, 3.05) is 18.8 Å². The first-order valence-electron chi connectivity index (χ1n) is 6.42. The second-order valence-corrected chi connectivity index (χ2v) is 5.72. The predicted molar refractivity (Wildman–Crippen MR) is 77.9 cm³/mol. The molecule has 0 saturated carbocycles. The summed E-state index contributed by atoms with van der Waals surface area (Å²) in [4.78, 5) is 2.53. The maximum absolute atomic E-state index is 5.86. The Morgan fingerprint density at radius 3 is 3.00 bits per heavy atom. The summed E-state index contributed by atoms with van der Waals surface area (Å²) in [5.74, 6) is 0. The Kier molecular flexibility index (Phi) is 3.35. The molecule has 0 radical (unpaired) electrons. The van der Waals surface area contributed by atoms with Crippen LogP contribution in [0, 0.1) is 0 Å². The van der Waals surface area contributed by atoms with Crippen LogP contribution in [-0.2, 0) is 19.4 Å². The highest BCUT2D eigenvalue weighted by atomic mass is 32.1. The quantitative estimate of drug-likeness (QED) is 0.858. The zero-order valence-corrected chi connectivity index (χ0v) is 11.2. The zero-order chi connectivity index (χ0) is 12.4. The van der Waals surface area contributed by atoms with E-state index < -0.39 is 0 Å². The van der Waals surface area contributed by atoms with Crippen LogP contribution in [0.5, 0.6) is 0 Å². The number of anilines is 1. The third kappa shape index (κ3) is 2.57. The maximum atomic E-state index is 5.86. The highest BCUT2D eigenvalue weighted by molar-refractivity contribution is 7.07. The van der Waals surface area contributed by atoms with Crippen molar-refractivity contribution in [2.45, 2.75) is 19.4 Å². The van der Waals surface area contributed by atoms with Gasteiger partial charge in [0.05, 0.1) is 0 Å². The molecule has 1 aliphatic rings. The number of thiophene rings is 1. The zero-order valence-electron chi connectivity index (χ0n) is 10.4. The summed E-state index contributed by atoms with van der Waals surface area (Å²) in [5, 5.41) is 4.40. The highest BCUT2D eigenvalue weighted by Crippen LogP contribution is 2.21. The third-order valence-corrected chi connectivity index (χ3v) is 4.35. The van der Waals surface area contributed by atoms with Crippen LogP contribution < -0.4 is 5.73 Å². The molecule has 2 heterocycles. The van der Waals surface area contributed by atoms with Crippen LogP contribution in [0.1, 0.15) is 16.7 Å². The summed E-state index contributed by atoms with van der Waals surface area (Å²) in [7, 11) is 0. The maximum Gasteiger partial charge on any atom is 0.0317 e. The van der Waals surface area contributed by atoms with E-state index >= 15 is 0 Å². The van der Waals surface area contributed by atoms with E-state index in [1.807, 2.05) is 6.07 Å². The molecule has 0 amide bonds. The normalized spacial score (nSPS) is 15.6. The van der Waals surface area contributed by atoms with Crippen molar-refractivity contribution >= 4 is 17.0 Å². The van der Waals surface area contributed by atoms with Gasteiger partial charge < -0.3 is 5.73 Å². The average molecular weight is 258 g/mol. The number of fused-ring (bicyclic) bond motifs is 1. The second kappa shape index (κ2) is 5.12. The molecule has 0 bridgehead atoms. The van der Waals surface area contributed by atoms with E-state index in [2.05, 4.69) is 33.9 Å². The summed E-state index contributed by atoms with van der Waals surface area (Å²) < 4.78 is 0. The Hall–Kier alpha value is -1.32. The molecular weight excluding hydrogens is 240 g/mol. The van der Waals surface area contributed by atoms with Crippen molar-refractivity contribution in [1.82, 2.24) is 4.90 Å². The van der Waals surface area contributed by atoms with Crippen molar-refractivity contribution in [2.24, 2.45) is 0 Å². The van der Waals surface area contributed by atoms with Gasteiger partial charge in [0.2, 0.25) is 0 Å². The molecule has 0 unspecified atom stereocenters. The predicted octanol–water partition coefficient (Wildman–Crippen LogP) is 2.93. The van der Waals surface area contributed by atoms with Crippen molar-refractivity contribution in [3.63, 3.8) is 0 Å². The van der Waals surface area contributed by atoms with E-state index in [1.54, 1.807) is 11.3 Å². The van der Waals surface area contributed by atoms with Crippen molar-refractivity contribution in [1.29, 1.82) is 0 Å². The molecule has 2 N–H and O–H groups in total. The van der Waals surface area contributed by atoms with Crippen molar-refractivity contribution in [3.8, 4) is 0 Å². The van der Waals surface area contributed by atoms with Gasteiger partial charge in [0.15, 0.2) is 0 Å². The van der Waals surface area contributed by atoms with Crippen LogP contribution in [0.25, 0.3) is 0 Å². The number of rotatable bonds is 3. The molecule has 0 spiro atoms. The molecule has 2 nitrogen and oxygen atoms in total. The molecular formula is C15H18N2S. The Bertz CT molecular complexity index is 519. The fraction of sp³-hybridized carbons (Fsp3) is 0.333. The van der Waals surface area contributed by atoms with Gasteiger partial charge in [-0.25, -0.2) is 0 Å². The van der Waals surface area contributed by atoms with Crippen LogP contribution >= 0.6 is 11.3 Å². The smallest absolute Gasteiger partial charge is 0.0317 e. The van der Waals surface area contributed by atoms with Crippen LogP contribution in [0.2, 0.25) is 0 Å². The molecule has 0 saturated heterocycles. The van der Waals surface area contributed by atoms with Gasteiger partial charge in [0.25, 0.3) is 0 Å². The van der Waals surface area contributed by atoms with Crippen molar-refractivity contribution < 1.29 is 0 Å². The van der Waals surface area contributed by atoms with Crippen LogP contribution in [0.15, 0.2) is 35.0 Å². The van der Waals surface area contributed by atoms with Gasteiger partial charge in [0.1, 0.15) is 0 Å². The number of benzene rings is 1. The first kappa shape index (κ1) is 11.8. The largest absolute Gasteiger partial charge is 0.399 e. The SMILES string of the molecule is Nc1ccc2c(c1)CN(CCc1ccsc1)CC2. The average Bonchev–Trinajstić information content (AvgIpc) is 2.89. The molecule has 2 aromatic rings. The lowest BCUT2D eigenvalue weighted by Crippen LogP contribution is -2.32. The van der Waals surface area contributed by atoms with E-state index in [0.29, 0.717) is 0 Å². The molecule has 0 fully saturated rings. The second-order valence-electron chi connectivity index (χ2n) is 4.94. The van der Waals surface area contributed by atoms with E-state index in [4.69, 9.17) is 5.73 Å². The molecule has 0 aliphatic carbocycles. The standard InChI is InChI=1S/C15H18N2S/c16-15-2-1-13-4-7-17(10-14(13)9-15)6-3-12-5-8-18-11-12/h1-2,5,8-9,11H,3-4,6-7,10,16H2. The van der Waals surface area contributed by atoms with Gasteiger partial charge in [-0.1, -0.05) is 6.07 Å². The Labute approximate surface area is 112 Å². The first-order chi connectivity index (χ1) is 8.81. The number of hydrogen-bond acceptors (Lipinski definition) is 3. The third-order valence-electron chi connectivity index (χ3n) is 3.62. The number of nitrogens with zero attached hydrogens (tertiary/aromatic N) is 1. The highest BCUT2D eigenvalue weighted by Gasteiger charge is 2.15. The molecule has 1 aliphatic heterocycles. The summed E-state index contributed by atoms with van der Waals surface area (Å²) in [6, 6.07) is 8.55. The molecule has 1 aromatic carbocycles. The van der Waals surface area contributed by atoms with Gasteiger partial charge in [-0.3, -0.25) is 4.90 Å². The fourth-order valence-corrected chi connectivity index (χ4v) is 3.25. The summed E-state index contributed by atoms with van der Waals surface area (Å²) in [5.41, 5.74) is 11.1. The van der Waals surface area contributed by atoms with E-state index in [9.17, 15) is 0 Å². The van der Waals surface area contributed by atoms with Gasteiger partial charge in [-0.05, 0) is 58.5 Å². The fourth-order valence-electron chi connectivity index (χ4n) is 2.55. The van der Waals surface area contributed by atoms with Gasteiger partial charge in [0, 0.05) is 25.3 Å². The Morgan fingerprint density at radius 2 is 2.17 bits per heavy atom. The van der Waals surface area contributed by atoms with Crippen LogP contribution in [0.3, 0.4) is 0 Å². The minimum Gasteiger partial charge on any atom is -0.399 e. The van der Waals surface area contributed by atoms with E-state index in [-0.39, 0.29) is 0 Å².